The van der Waals surface area contributed by atoms with E-state index in [9.17, 15) is 18.0 Å². The Morgan fingerprint density at radius 2 is 1.49 bits per heavy atom. The van der Waals surface area contributed by atoms with Gasteiger partial charge in [-0.15, -0.1) is 0 Å². The van der Waals surface area contributed by atoms with Crippen molar-refractivity contribution in [2.75, 3.05) is 18.0 Å². The van der Waals surface area contributed by atoms with E-state index in [1.165, 1.54) is 24.1 Å². The number of benzene rings is 4. The molecule has 1 N–H and O–H groups in total. The van der Waals surface area contributed by atoms with E-state index >= 15 is 0 Å². The quantitative estimate of drug-likeness (QED) is 0.165. The highest BCUT2D eigenvalue weighted by atomic mass is 79.9. The Balaban J connectivity index is 1.58. The number of ether oxygens (including phenoxy) is 1. The molecule has 0 saturated heterocycles. The van der Waals surface area contributed by atoms with Crippen molar-refractivity contribution in [3.8, 4) is 5.75 Å². The highest BCUT2D eigenvalue weighted by molar-refractivity contribution is 9.10. The van der Waals surface area contributed by atoms with Gasteiger partial charge in [-0.3, -0.25) is 13.9 Å². The second-order valence-corrected chi connectivity index (χ2v) is 14.5. The Morgan fingerprint density at radius 3 is 2.17 bits per heavy atom. The van der Waals surface area contributed by atoms with Crippen molar-refractivity contribution in [3.05, 3.63) is 125 Å². The molecule has 10 heteroatoms. The number of carbonyl (C=O) groups is 2. The molecule has 0 unspecified atom stereocenters. The number of anilines is 1. The Kier molecular flexibility index (Phi) is 11.7. The van der Waals surface area contributed by atoms with E-state index in [2.05, 4.69) is 21.2 Å². The van der Waals surface area contributed by atoms with Gasteiger partial charge in [-0.25, -0.2) is 8.42 Å². The number of para-hydroxylation sites is 2. The van der Waals surface area contributed by atoms with Crippen LogP contribution in [-0.2, 0) is 32.6 Å². The average Bonchev–Trinajstić information content (AvgIpc) is 3.10. The monoisotopic (exact) mass is 717 g/mol. The first kappa shape index (κ1) is 34.2. The van der Waals surface area contributed by atoms with Crippen LogP contribution < -0.4 is 14.4 Å². The summed E-state index contributed by atoms with van der Waals surface area (Å²) in [5.74, 6) is -0.469. The van der Waals surface area contributed by atoms with Crippen LogP contribution in [-0.4, -0.2) is 50.9 Å². The molecular formula is C37H40BrN3O5S. The van der Waals surface area contributed by atoms with Crippen molar-refractivity contribution in [2.45, 2.75) is 62.0 Å². The molecule has 1 aliphatic carbocycles. The largest absolute Gasteiger partial charge is 0.495 e. The number of methoxy groups -OCH3 is 1. The molecule has 1 saturated carbocycles. The zero-order valence-electron chi connectivity index (χ0n) is 26.4. The second kappa shape index (κ2) is 16.1. The van der Waals surface area contributed by atoms with Crippen LogP contribution in [0.1, 0.15) is 43.2 Å². The molecule has 4 aromatic carbocycles. The van der Waals surface area contributed by atoms with Gasteiger partial charge >= 0.3 is 0 Å². The minimum absolute atomic E-state index is 0.0286. The molecule has 47 heavy (non-hydrogen) atoms. The first-order valence-electron chi connectivity index (χ1n) is 15.9. The summed E-state index contributed by atoms with van der Waals surface area (Å²) in [4.78, 5) is 30.5. The molecule has 1 fully saturated rings. The standard InChI is InChI=1S/C37H40BrN3O5S/c1-46-35-23-12-11-22-33(35)41(47(44,45)32-20-9-4-10-21-32)27-36(42)40(26-29-16-13-17-30(38)24-29)34(25-28-14-5-2-6-15-28)37(43)39-31-18-7-3-8-19-31/h2,4-6,9-17,20-24,31,34H,3,7-8,18-19,25-27H2,1H3,(H,39,43)/t34-/m1/s1. The Bertz CT molecular complexity index is 1750. The summed E-state index contributed by atoms with van der Waals surface area (Å²) in [6.07, 6.45) is 5.27. The molecule has 4 aromatic rings. The molecule has 0 radical (unpaired) electrons. The topological polar surface area (TPSA) is 96.0 Å². The summed E-state index contributed by atoms with van der Waals surface area (Å²) in [6.45, 7) is -0.452. The summed E-state index contributed by atoms with van der Waals surface area (Å²) in [6, 6.07) is 31.0. The van der Waals surface area contributed by atoms with E-state index in [4.69, 9.17) is 4.74 Å². The summed E-state index contributed by atoms with van der Waals surface area (Å²) in [5.41, 5.74) is 1.91. The van der Waals surface area contributed by atoms with Crippen molar-refractivity contribution in [2.24, 2.45) is 0 Å². The fourth-order valence-electron chi connectivity index (χ4n) is 6.00. The summed E-state index contributed by atoms with van der Waals surface area (Å²) in [7, 11) is -2.77. The summed E-state index contributed by atoms with van der Waals surface area (Å²) >= 11 is 3.53. The molecule has 5 rings (SSSR count). The van der Waals surface area contributed by atoms with Crippen molar-refractivity contribution in [1.82, 2.24) is 10.2 Å². The maximum absolute atomic E-state index is 14.7. The van der Waals surface area contributed by atoms with Gasteiger partial charge in [0.15, 0.2) is 0 Å². The molecular weight excluding hydrogens is 678 g/mol. The number of amides is 2. The van der Waals surface area contributed by atoms with E-state index < -0.39 is 28.5 Å². The number of nitrogens with one attached hydrogen (secondary N) is 1. The van der Waals surface area contributed by atoms with E-state index in [1.54, 1.807) is 42.5 Å². The minimum Gasteiger partial charge on any atom is -0.495 e. The third-order valence-corrected chi connectivity index (χ3v) is 10.7. The molecule has 0 heterocycles. The zero-order chi connectivity index (χ0) is 33.2. The van der Waals surface area contributed by atoms with Gasteiger partial charge < -0.3 is 15.0 Å². The fourth-order valence-corrected chi connectivity index (χ4v) is 7.89. The van der Waals surface area contributed by atoms with E-state index in [0.29, 0.717) is 5.75 Å². The predicted octanol–water partition coefficient (Wildman–Crippen LogP) is 6.74. The van der Waals surface area contributed by atoms with Crippen LogP contribution in [0.2, 0.25) is 0 Å². The first-order chi connectivity index (χ1) is 22.8. The van der Waals surface area contributed by atoms with Crippen LogP contribution in [0.25, 0.3) is 0 Å². The van der Waals surface area contributed by atoms with Crippen LogP contribution in [0.3, 0.4) is 0 Å². The van der Waals surface area contributed by atoms with Gasteiger partial charge in [-0.05, 0) is 60.4 Å². The maximum Gasteiger partial charge on any atom is 0.264 e. The van der Waals surface area contributed by atoms with Crippen molar-refractivity contribution >= 4 is 43.5 Å². The molecule has 0 aromatic heterocycles. The van der Waals surface area contributed by atoms with Gasteiger partial charge in [0.2, 0.25) is 11.8 Å². The van der Waals surface area contributed by atoms with Crippen LogP contribution >= 0.6 is 15.9 Å². The number of hydrogen-bond acceptors (Lipinski definition) is 5. The molecule has 0 aliphatic heterocycles. The molecule has 8 nitrogen and oxygen atoms in total. The molecule has 2 amide bonds. The third kappa shape index (κ3) is 8.81. The molecule has 1 aliphatic rings. The first-order valence-corrected chi connectivity index (χ1v) is 18.1. The molecule has 1 atom stereocenters. The maximum atomic E-state index is 14.7. The van der Waals surface area contributed by atoms with Gasteiger partial charge in [-0.1, -0.05) is 108 Å². The van der Waals surface area contributed by atoms with Gasteiger partial charge in [0.05, 0.1) is 17.7 Å². The van der Waals surface area contributed by atoms with E-state index in [1.807, 2.05) is 54.6 Å². The molecule has 0 spiro atoms. The highest BCUT2D eigenvalue weighted by Crippen LogP contribution is 2.33. The zero-order valence-corrected chi connectivity index (χ0v) is 28.8. The predicted molar refractivity (Wildman–Crippen MR) is 188 cm³/mol. The van der Waals surface area contributed by atoms with Gasteiger partial charge in [0.25, 0.3) is 10.0 Å². The number of nitrogens with zero attached hydrogens (tertiary/aromatic N) is 2. The Morgan fingerprint density at radius 1 is 0.851 bits per heavy atom. The lowest BCUT2D eigenvalue weighted by molar-refractivity contribution is -0.140. The van der Waals surface area contributed by atoms with Crippen molar-refractivity contribution in [3.63, 3.8) is 0 Å². The lowest BCUT2D eigenvalue weighted by atomic mass is 9.94. The lowest BCUT2D eigenvalue weighted by Crippen LogP contribution is -2.55. The number of rotatable bonds is 13. The summed E-state index contributed by atoms with van der Waals surface area (Å²) < 4.78 is 35.9. The number of sulfonamides is 1. The number of hydrogen-bond donors (Lipinski definition) is 1. The minimum atomic E-state index is -4.22. The third-order valence-electron chi connectivity index (χ3n) is 8.43. The van der Waals surface area contributed by atoms with Crippen LogP contribution in [0.15, 0.2) is 119 Å². The smallest absolute Gasteiger partial charge is 0.264 e. The van der Waals surface area contributed by atoms with E-state index in [-0.39, 0.29) is 35.5 Å². The Labute approximate surface area is 285 Å². The van der Waals surface area contributed by atoms with Gasteiger partial charge in [-0.2, -0.15) is 0 Å². The van der Waals surface area contributed by atoms with Crippen LogP contribution in [0.5, 0.6) is 5.75 Å². The number of halogens is 1. The highest BCUT2D eigenvalue weighted by Gasteiger charge is 2.36. The number of carbonyl (C=O) groups excluding carboxylic acids is 2. The molecule has 246 valence electrons. The Hall–Kier alpha value is -4.15. The van der Waals surface area contributed by atoms with Crippen LogP contribution in [0.4, 0.5) is 5.69 Å². The van der Waals surface area contributed by atoms with Gasteiger partial charge in [0.1, 0.15) is 18.3 Å². The van der Waals surface area contributed by atoms with Crippen molar-refractivity contribution < 1.29 is 22.7 Å². The van der Waals surface area contributed by atoms with Crippen LogP contribution in [0, 0.1) is 0 Å². The van der Waals surface area contributed by atoms with Crippen molar-refractivity contribution in [1.29, 1.82) is 0 Å². The lowest BCUT2D eigenvalue weighted by Gasteiger charge is -2.35. The average molecular weight is 719 g/mol. The van der Waals surface area contributed by atoms with E-state index in [0.717, 1.165) is 52.0 Å². The molecule has 0 bridgehead atoms. The normalized spacial score (nSPS) is 14.2. The second-order valence-electron chi connectivity index (χ2n) is 11.7. The SMILES string of the molecule is COc1ccccc1N(CC(=O)N(Cc1cccc(Br)c1)[C@H](Cc1ccccc1)C(=O)NC1CCCCC1)S(=O)(=O)c1ccccc1. The van der Waals surface area contributed by atoms with Gasteiger partial charge in [0, 0.05) is 23.5 Å². The fraction of sp³-hybridized carbons (Fsp3) is 0.297. The summed E-state index contributed by atoms with van der Waals surface area (Å²) in [5, 5.41) is 3.24.